The van der Waals surface area contributed by atoms with Crippen molar-refractivity contribution in [3.05, 3.63) is 29.3 Å². The molecular formula is C13H17NO3. The first-order chi connectivity index (χ1) is 8.13. The highest BCUT2D eigenvalue weighted by molar-refractivity contribution is 5.88. The number of aryl methyl sites for hydroxylation is 1. The Bertz CT molecular complexity index is 427. The van der Waals surface area contributed by atoms with Gasteiger partial charge >= 0.3 is 5.97 Å². The molecule has 0 saturated heterocycles. The molecule has 0 heterocycles. The van der Waals surface area contributed by atoms with Gasteiger partial charge in [0.2, 0.25) is 0 Å². The average molecular weight is 235 g/mol. The summed E-state index contributed by atoms with van der Waals surface area (Å²) in [7, 11) is 0. The number of aromatic carboxylic acids is 1. The number of hydrogen-bond acceptors (Lipinski definition) is 3. The molecule has 1 aromatic carbocycles. The maximum Gasteiger partial charge on any atom is 0.335 e. The van der Waals surface area contributed by atoms with Crippen LogP contribution in [0, 0.1) is 6.92 Å². The maximum atomic E-state index is 10.9. The predicted molar refractivity (Wildman–Crippen MR) is 65.6 cm³/mol. The van der Waals surface area contributed by atoms with Crippen LogP contribution in [0.2, 0.25) is 0 Å². The van der Waals surface area contributed by atoms with E-state index in [2.05, 4.69) is 4.90 Å². The van der Waals surface area contributed by atoms with Crippen molar-refractivity contribution < 1.29 is 15.0 Å². The molecule has 4 nitrogen and oxygen atoms in total. The largest absolute Gasteiger partial charge is 0.478 e. The Morgan fingerprint density at radius 1 is 1.47 bits per heavy atom. The zero-order valence-corrected chi connectivity index (χ0v) is 9.89. The Morgan fingerprint density at radius 3 is 2.65 bits per heavy atom. The fourth-order valence-corrected chi connectivity index (χ4v) is 2.10. The van der Waals surface area contributed by atoms with Crippen LogP contribution in [0.25, 0.3) is 0 Å². The second kappa shape index (κ2) is 4.75. The zero-order valence-electron chi connectivity index (χ0n) is 9.89. The number of hydrogen-bond donors (Lipinski definition) is 2. The van der Waals surface area contributed by atoms with E-state index in [1.165, 1.54) is 0 Å². The normalized spacial score (nSPS) is 14.7. The van der Waals surface area contributed by atoms with Gasteiger partial charge in [0.25, 0.3) is 0 Å². The van der Waals surface area contributed by atoms with Gasteiger partial charge in [0.05, 0.1) is 12.2 Å². The summed E-state index contributed by atoms with van der Waals surface area (Å²) in [6.45, 7) is 2.64. The highest BCUT2D eigenvalue weighted by Crippen LogP contribution is 2.33. The average Bonchev–Trinajstić information content (AvgIpc) is 3.10. The van der Waals surface area contributed by atoms with E-state index in [1.54, 1.807) is 12.1 Å². The lowest BCUT2D eigenvalue weighted by Gasteiger charge is -2.25. The van der Waals surface area contributed by atoms with Crippen LogP contribution in [0.4, 0.5) is 5.69 Å². The van der Waals surface area contributed by atoms with Crippen LogP contribution in [0.3, 0.4) is 0 Å². The highest BCUT2D eigenvalue weighted by Gasteiger charge is 2.29. The highest BCUT2D eigenvalue weighted by atomic mass is 16.4. The maximum absolute atomic E-state index is 10.9. The third kappa shape index (κ3) is 2.58. The number of carboxylic acids is 1. The molecule has 0 bridgehead atoms. The van der Waals surface area contributed by atoms with Gasteiger partial charge in [-0.15, -0.1) is 0 Å². The molecule has 0 radical (unpaired) electrons. The quantitative estimate of drug-likeness (QED) is 0.814. The summed E-state index contributed by atoms with van der Waals surface area (Å²) in [6, 6.07) is 5.66. The van der Waals surface area contributed by atoms with Crippen molar-refractivity contribution >= 4 is 11.7 Å². The van der Waals surface area contributed by atoms with E-state index in [1.807, 2.05) is 13.0 Å². The molecule has 1 fully saturated rings. The minimum atomic E-state index is -0.903. The first kappa shape index (κ1) is 11.9. The summed E-state index contributed by atoms with van der Waals surface area (Å²) in [4.78, 5) is 13.0. The smallest absolute Gasteiger partial charge is 0.335 e. The summed E-state index contributed by atoms with van der Waals surface area (Å²) in [6.07, 6.45) is 2.31. The van der Waals surface area contributed by atoms with Gasteiger partial charge in [0, 0.05) is 18.3 Å². The summed E-state index contributed by atoms with van der Waals surface area (Å²) < 4.78 is 0. The van der Waals surface area contributed by atoms with E-state index in [9.17, 15) is 4.79 Å². The zero-order chi connectivity index (χ0) is 12.4. The second-order valence-corrected chi connectivity index (χ2v) is 4.45. The Kier molecular flexibility index (Phi) is 3.33. The standard InChI is InChI=1S/C13H17NO3/c1-9-8-10(13(16)17)2-5-12(9)14(6-7-15)11-3-4-11/h2,5,8,11,15H,3-4,6-7H2,1H3,(H,16,17). The molecule has 0 atom stereocenters. The molecule has 1 aliphatic rings. The number of carboxylic acid groups (broad SMARTS) is 1. The van der Waals surface area contributed by atoms with Crippen LogP contribution in [-0.2, 0) is 0 Å². The molecule has 0 aromatic heterocycles. The van der Waals surface area contributed by atoms with Gasteiger partial charge in [0.15, 0.2) is 0 Å². The van der Waals surface area contributed by atoms with E-state index < -0.39 is 5.97 Å². The minimum absolute atomic E-state index is 0.122. The number of carbonyl (C=O) groups is 1. The van der Waals surface area contributed by atoms with Gasteiger partial charge in [-0.1, -0.05) is 0 Å². The van der Waals surface area contributed by atoms with Crippen molar-refractivity contribution in [1.82, 2.24) is 0 Å². The van der Waals surface area contributed by atoms with Crippen molar-refractivity contribution in [1.29, 1.82) is 0 Å². The number of aliphatic hydroxyl groups excluding tert-OH is 1. The topological polar surface area (TPSA) is 60.8 Å². The summed E-state index contributed by atoms with van der Waals surface area (Å²) in [5.74, 6) is -0.903. The molecule has 0 amide bonds. The molecular weight excluding hydrogens is 218 g/mol. The lowest BCUT2D eigenvalue weighted by atomic mass is 10.1. The number of anilines is 1. The number of benzene rings is 1. The minimum Gasteiger partial charge on any atom is -0.478 e. The fourth-order valence-electron chi connectivity index (χ4n) is 2.10. The van der Waals surface area contributed by atoms with E-state index in [4.69, 9.17) is 10.2 Å². The number of nitrogens with zero attached hydrogens (tertiary/aromatic N) is 1. The van der Waals surface area contributed by atoms with Crippen LogP contribution < -0.4 is 4.90 Å². The lowest BCUT2D eigenvalue weighted by molar-refractivity contribution is 0.0697. The molecule has 0 unspecified atom stereocenters. The van der Waals surface area contributed by atoms with Gasteiger partial charge in [-0.3, -0.25) is 0 Å². The Morgan fingerprint density at radius 2 is 2.18 bits per heavy atom. The lowest BCUT2D eigenvalue weighted by Crippen LogP contribution is -2.29. The van der Waals surface area contributed by atoms with Crippen LogP contribution in [-0.4, -0.2) is 35.4 Å². The van der Waals surface area contributed by atoms with E-state index in [0.717, 1.165) is 24.1 Å². The molecule has 1 saturated carbocycles. The third-order valence-electron chi connectivity index (χ3n) is 3.08. The first-order valence-corrected chi connectivity index (χ1v) is 5.85. The molecule has 92 valence electrons. The molecule has 0 aliphatic heterocycles. The summed E-state index contributed by atoms with van der Waals surface area (Å²) >= 11 is 0. The number of rotatable bonds is 5. The van der Waals surface area contributed by atoms with Gasteiger partial charge in [-0.25, -0.2) is 4.79 Å². The van der Waals surface area contributed by atoms with Crippen molar-refractivity contribution in [3.63, 3.8) is 0 Å². The molecule has 1 aliphatic carbocycles. The molecule has 2 N–H and O–H groups in total. The van der Waals surface area contributed by atoms with Gasteiger partial charge in [-0.2, -0.15) is 0 Å². The van der Waals surface area contributed by atoms with Crippen molar-refractivity contribution in [3.8, 4) is 0 Å². The van der Waals surface area contributed by atoms with Crippen molar-refractivity contribution in [2.75, 3.05) is 18.1 Å². The van der Waals surface area contributed by atoms with Crippen LogP contribution >= 0.6 is 0 Å². The van der Waals surface area contributed by atoms with E-state index in [0.29, 0.717) is 18.2 Å². The Balaban J connectivity index is 2.27. The van der Waals surface area contributed by atoms with Gasteiger partial charge in [0.1, 0.15) is 0 Å². The third-order valence-corrected chi connectivity index (χ3v) is 3.08. The SMILES string of the molecule is Cc1cc(C(=O)O)ccc1N(CCO)C1CC1. The predicted octanol–water partition coefficient (Wildman–Crippen LogP) is 1.65. The molecule has 17 heavy (non-hydrogen) atoms. The van der Waals surface area contributed by atoms with Crippen molar-refractivity contribution in [2.24, 2.45) is 0 Å². The first-order valence-electron chi connectivity index (χ1n) is 5.85. The Hall–Kier alpha value is -1.55. The fraction of sp³-hybridized carbons (Fsp3) is 0.462. The van der Waals surface area contributed by atoms with E-state index in [-0.39, 0.29) is 6.61 Å². The molecule has 4 heteroatoms. The second-order valence-electron chi connectivity index (χ2n) is 4.45. The van der Waals surface area contributed by atoms with Crippen LogP contribution in [0.15, 0.2) is 18.2 Å². The van der Waals surface area contributed by atoms with Gasteiger partial charge in [-0.05, 0) is 43.5 Å². The molecule has 0 spiro atoms. The van der Waals surface area contributed by atoms with Crippen LogP contribution in [0.1, 0.15) is 28.8 Å². The van der Waals surface area contributed by atoms with Crippen molar-refractivity contribution in [2.45, 2.75) is 25.8 Å². The Labute approximate surface area is 100 Å². The molecule has 2 rings (SSSR count). The number of aliphatic hydroxyl groups is 1. The van der Waals surface area contributed by atoms with Gasteiger partial charge < -0.3 is 15.1 Å². The van der Waals surface area contributed by atoms with Crippen LogP contribution in [0.5, 0.6) is 0 Å². The monoisotopic (exact) mass is 235 g/mol. The molecule has 1 aromatic rings. The summed E-state index contributed by atoms with van der Waals surface area (Å²) in [5, 5.41) is 18.0. The van der Waals surface area contributed by atoms with E-state index >= 15 is 0 Å². The summed E-state index contributed by atoms with van der Waals surface area (Å²) in [5.41, 5.74) is 2.29.